The molecule has 8 heteroatoms. The van der Waals surface area contributed by atoms with Crippen LogP contribution in [0.4, 0.5) is 10.5 Å². The Labute approximate surface area is 207 Å². The van der Waals surface area contributed by atoms with E-state index in [9.17, 15) is 14.7 Å². The number of amides is 2. The molecule has 178 valence electrons. The molecule has 7 nitrogen and oxygen atoms in total. The van der Waals surface area contributed by atoms with Crippen LogP contribution in [0.5, 0.6) is 5.75 Å². The number of methoxy groups -OCH3 is 1. The Hall–Kier alpha value is -3.10. The number of halogens is 1. The molecular formula is C26H27BrN2O5. The topological polar surface area (TPSA) is 79.3 Å². The molecule has 0 bridgehead atoms. The number of rotatable bonds is 4. The Morgan fingerprint density at radius 3 is 2.29 bits per heavy atom. The first-order chi connectivity index (χ1) is 16.2. The zero-order chi connectivity index (χ0) is 24.6. The molecule has 1 unspecified atom stereocenters. The van der Waals surface area contributed by atoms with Gasteiger partial charge in [-0.05, 0) is 50.6 Å². The third-order valence-corrected chi connectivity index (χ3v) is 6.23. The van der Waals surface area contributed by atoms with Crippen LogP contribution in [-0.4, -0.2) is 53.4 Å². The van der Waals surface area contributed by atoms with Crippen LogP contribution in [-0.2, 0) is 9.53 Å². The van der Waals surface area contributed by atoms with E-state index >= 15 is 0 Å². The number of hydrogen-bond acceptors (Lipinski definition) is 5. The lowest BCUT2D eigenvalue weighted by atomic mass is 9.77. The predicted octanol–water partition coefficient (Wildman–Crippen LogP) is 4.71. The maximum atomic E-state index is 13.5. The lowest BCUT2D eigenvalue weighted by molar-refractivity contribution is -0.120. The molecule has 0 radical (unpaired) electrons. The van der Waals surface area contributed by atoms with E-state index in [1.165, 1.54) is 4.90 Å². The summed E-state index contributed by atoms with van der Waals surface area (Å²) in [6.07, 6.45) is -0.598. The molecule has 1 saturated heterocycles. The van der Waals surface area contributed by atoms with Gasteiger partial charge in [-0.25, -0.2) is 4.79 Å². The van der Waals surface area contributed by atoms with Crippen molar-refractivity contribution >= 4 is 39.2 Å². The molecule has 2 aromatic carbocycles. The highest BCUT2D eigenvalue weighted by Crippen LogP contribution is 2.48. The first kappa shape index (κ1) is 24.0. The molecule has 0 aliphatic carbocycles. The van der Waals surface area contributed by atoms with Gasteiger partial charge in [-0.3, -0.25) is 14.6 Å². The molecule has 2 aromatic rings. The van der Waals surface area contributed by atoms with Gasteiger partial charge >= 0.3 is 6.09 Å². The van der Waals surface area contributed by atoms with E-state index < -0.39 is 23.8 Å². The summed E-state index contributed by atoms with van der Waals surface area (Å²) in [5.74, 6) is 0.489. The first-order valence-electron chi connectivity index (χ1n) is 10.9. The minimum Gasteiger partial charge on any atom is -0.497 e. The van der Waals surface area contributed by atoms with Gasteiger partial charge in [0.25, 0.3) is 5.91 Å². The lowest BCUT2D eigenvalue weighted by Crippen LogP contribution is -2.69. The van der Waals surface area contributed by atoms with E-state index in [1.54, 1.807) is 62.0 Å². The molecule has 4 rings (SSSR count). The molecule has 34 heavy (non-hydrogen) atoms. The van der Waals surface area contributed by atoms with E-state index in [0.717, 1.165) is 5.56 Å². The van der Waals surface area contributed by atoms with Crippen LogP contribution in [0.15, 0.2) is 70.9 Å². The molecule has 2 atom stereocenters. The summed E-state index contributed by atoms with van der Waals surface area (Å²) in [5.41, 5.74) is 2.35. The lowest BCUT2D eigenvalue weighted by Gasteiger charge is -2.53. The largest absolute Gasteiger partial charge is 0.497 e. The maximum absolute atomic E-state index is 13.5. The minimum atomic E-state index is -0.740. The van der Waals surface area contributed by atoms with Crippen LogP contribution in [0.3, 0.4) is 0 Å². The number of ether oxygens (including phenoxy) is 2. The van der Waals surface area contributed by atoms with Crippen LogP contribution in [0, 0.1) is 0 Å². The summed E-state index contributed by atoms with van der Waals surface area (Å²) < 4.78 is 10.9. The van der Waals surface area contributed by atoms with Gasteiger partial charge in [-0.15, -0.1) is 0 Å². The molecular weight excluding hydrogens is 500 g/mol. The number of aliphatic hydroxyl groups is 1. The molecule has 2 amide bonds. The van der Waals surface area contributed by atoms with Gasteiger partial charge in [0.2, 0.25) is 0 Å². The van der Waals surface area contributed by atoms with Gasteiger partial charge in [0, 0.05) is 16.2 Å². The molecule has 0 aromatic heterocycles. The van der Waals surface area contributed by atoms with Crippen molar-refractivity contribution in [1.29, 1.82) is 0 Å². The van der Waals surface area contributed by atoms with Crippen molar-refractivity contribution in [2.24, 2.45) is 0 Å². The summed E-state index contributed by atoms with van der Waals surface area (Å²) in [6, 6.07) is 15.3. The molecule has 0 spiro atoms. The zero-order valence-electron chi connectivity index (χ0n) is 19.5. The van der Waals surface area contributed by atoms with Crippen molar-refractivity contribution < 1.29 is 24.2 Å². The number of fused-ring (bicyclic) bond motifs is 1. The second kappa shape index (κ2) is 9.27. The third-order valence-electron chi connectivity index (χ3n) is 5.80. The second-order valence-corrected chi connectivity index (χ2v) is 9.53. The van der Waals surface area contributed by atoms with Crippen molar-refractivity contribution in [3.8, 4) is 5.75 Å². The number of aliphatic hydroxyl groups excluding tert-OH is 1. The fraction of sp³-hybridized carbons (Fsp3) is 0.308. The number of carbonyl (C=O) groups is 2. The standard InChI is InChI=1S/C26H27BrN2O5/c1-26(2,3)34-25(32)29-19(14-27)21(16-8-6-5-7-9-16)22-23(20(29)15-30)28(24(22)31)17-10-12-18(33-4)13-11-17/h5-14,20,23,30H,15H2,1-4H3/b19-14-/t20?,23-/m1/s1. The number of carbonyl (C=O) groups excluding carboxylic acids is 2. The van der Waals surface area contributed by atoms with Gasteiger partial charge in [0.1, 0.15) is 11.4 Å². The molecule has 1 fully saturated rings. The van der Waals surface area contributed by atoms with Crippen molar-refractivity contribution in [2.45, 2.75) is 38.5 Å². The number of hydrogen-bond donors (Lipinski definition) is 1. The highest BCUT2D eigenvalue weighted by Gasteiger charge is 2.56. The van der Waals surface area contributed by atoms with Crippen LogP contribution in [0.2, 0.25) is 0 Å². The van der Waals surface area contributed by atoms with Crippen molar-refractivity contribution in [1.82, 2.24) is 4.90 Å². The van der Waals surface area contributed by atoms with Gasteiger partial charge < -0.3 is 14.6 Å². The van der Waals surface area contributed by atoms with Crippen molar-refractivity contribution in [3.63, 3.8) is 0 Å². The monoisotopic (exact) mass is 526 g/mol. The number of benzene rings is 2. The van der Waals surface area contributed by atoms with E-state index in [1.807, 2.05) is 30.3 Å². The summed E-state index contributed by atoms with van der Waals surface area (Å²) in [5, 5.41) is 10.5. The Morgan fingerprint density at radius 1 is 1.12 bits per heavy atom. The molecule has 2 heterocycles. The highest BCUT2D eigenvalue weighted by molar-refractivity contribution is 9.11. The van der Waals surface area contributed by atoms with Crippen LogP contribution in [0.25, 0.3) is 5.57 Å². The molecule has 2 aliphatic heterocycles. The summed E-state index contributed by atoms with van der Waals surface area (Å²) in [7, 11) is 1.58. The van der Waals surface area contributed by atoms with Crippen LogP contribution in [0.1, 0.15) is 26.3 Å². The zero-order valence-corrected chi connectivity index (χ0v) is 21.1. The quantitative estimate of drug-likeness (QED) is 0.583. The van der Waals surface area contributed by atoms with Crippen LogP contribution >= 0.6 is 15.9 Å². The Morgan fingerprint density at radius 2 is 1.76 bits per heavy atom. The molecule has 1 N–H and O–H groups in total. The number of nitrogens with zero attached hydrogens (tertiary/aromatic N) is 2. The normalized spacial score (nSPS) is 21.4. The molecule has 0 saturated carbocycles. The van der Waals surface area contributed by atoms with Gasteiger partial charge in [0.05, 0.1) is 37.1 Å². The second-order valence-electron chi connectivity index (χ2n) is 9.07. The van der Waals surface area contributed by atoms with Crippen molar-refractivity contribution in [2.75, 3.05) is 18.6 Å². The fourth-order valence-corrected chi connectivity index (χ4v) is 4.85. The third kappa shape index (κ3) is 4.12. The summed E-state index contributed by atoms with van der Waals surface area (Å²) in [6.45, 7) is 5.00. The average Bonchev–Trinajstić information content (AvgIpc) is 2.82. The van der Waals surface area contributed by atoms with Gasteiger partial charge in [-0.2, -0.15) is 0 Å². The Balaban J connectivity index is 1.89. The van der Waals surface area contributed by atoms with E-state index in [4.69, 9.17) is 9.47 Å². The predicted molar refractivity (Wildman–Crippen MR) is 134 cm³/mol. The van der Waals surface area contributed by atoms with Gasteiger partial charge in [-0.1, -0.05) is 46.3 Å². The first-order valence-corrected chi connectivity index (χ1v) is 11.8. The maximum Gasteiger partial charge on any atom is 0.415 e. The van der Waals surface area contributed by atoms with Crippen molar-refractivity contribution in [3.05, 3.63) is 76.4 Å². The smallest absolute Gasteiger partial charge is 0.415 e. The SMILES string of the molecule is COc1ccc(N2C(=O)C3=C(c4ccccc4)/C(=C/Br)N(C(=O)OC(C)(C)C)C(CO)[C@H]32)cc1. The Bertz CT molecular complexity index is 1150. The minimum absolute atomic E-state index is 0.178. The number of β-lactam (4-membered cyclic amide) rings is 1. The van der Waals surface area contributed by atoms with E-state index in [0.29, 0.717) is 28.3 Å². The Kier molecular flexibility index (Phi) is 6.55. The molecule has 2 aliphatic rings. The van der Waals surface area contributed by atoms with E-state index in [2.05, 4.69) is 15.9 Å². The highest BCUT2D eigenvalue weighted by atomic mass is 79.9. The fourth-order valence-electron chi connectivity index (χ4n) is 4.41. The van der Waals surface area contributed by atoms with Gasteiger partial charge in [0.15, 0.2) is 0 Å². The average molecular weight is 527 g/mol. The van der Waals surface area contributed by atoms with Crippen LogP contribution < -0.4 is 9.64 Å². The number of allylic oxidation sites excluding steroid dienone is 1. The summed E-state index contributed by atoms with van der Waals surface area (Å²) >= 11 is 3.40. The summed E-state index contributed by atoms with van der Waals surface area (Å²) in [4.78, 5) is 31.6. The van der Waals surface area contributed by atoms with E-state index in [-0.39, 0.29) is 12.5 Å². The number of anilines is 1.